The van der Waals surface area contributed by atoms with E-state index >= 15 is 0 Å². The van der Waals surface area contributed by atoms with Crippen LogP contribution in [0.5, 0.6) is 0 Å². The van der Waals surface area contributed by atoms with Crippen LogP contribution >= 0.6 is 0 Å². The minimum Gasteiger partial charge on any atom is -0.379 e. The molecule has 0 bridgehead atoms. The molecule has 0 saturated carbocycles. The fraction of sp³-hybridized carbons (Fsp3) is 1.00. The Bertz CT molecular complexity index is 238. The Morgan fingerprint density at radius 3 is 1.38 bits per heavy atom. The monoisotopic (exact) mass is 340 g/mol. The summed E-state index contributed by atoms with van der Waals surface area (Å²) in [5.74, 6) is 0. The molecule has 0 aromatic heterocycles. The molecule has 0 aliphatic carbocycles. The van der Waals surface area contributed by atoms with Gasteiger partial charge in [0.1, 0.15) is 6.10 Å². The Balaban J connectivity index is 1.59. The summed E-state index contributed by atoms with van der Waals surface area (Å²) in [5, 5.41) is 0. The average Bonchev–Trinajstić information content (AvgIpc) is 3.41. The molecule has 0 N–H and O–H groups in total. The Kier molecular flexibility index (Phi) is 16.2. The lowest BCUT2D eigenvalue weighted by molar-refractivity contribution is 0.113. The molecule has 0 spiro atoms. The van der Waals surface area contributed by atoms with E-state index in [0.717, 1.165) is 19.8 Å². The molecule has 1 aliphatic rings. The number of unbranched alkanes of at least 4 members (excludes halogenated alkanes) is 16. The van der Waals surface area contributed by atoms with Crippen molar-refractivity contribution in [3.8, 4) is 0 Å². The second-order valence-electron chi connectivity index (χ2n) is 7.69. The van der Waals surface area contributed by atoms with Gasteiger partial charge in [-0.05, 0) is 6.42 Å². The number of ether oxygens (including phenoxy) is 2. The molecule has 1 rings (SSSR count). The Labute approximate surface area is 152 Å². The number of rotatable bonds is 20. The van der Waals surface area contributed by atoms with Crippen LogP contribution in [0.25, 0.3) is 0 Å². The van der Waals surface area contributed by atoms with Crippen molar-refractivity contribution in [2.24, 2.45) is 0 Å². The molecule has 0 aromatic rings. The summed E-state index contributed by atoms with van der Waals surface area (Å²) in [6.45, 7) is 4.96. The summed E-state index contributed by atoms with van der Waals surface area (Å²) in [6.07, 6.45) is 24.7. The van der Waals surface area contributed by atoms with Gasteiger partial charge < -0.3 is 9.47 Å². The van der Waals surface area contributed by atoms with E-state index in [1.165, 1.54) is 109 Å². The van der Waals surface area contributed by atoms with Crippen molar-refractivity contribution < 1.29 is 9.47 Å². The molecule has 0 radical (unpaired) electrons. The van der Waals surface area contributed by atoms with E-state index in [1.54, 1.807) is 0 Å². The second-order valence-corrected chi connectivity index (χ2v) is 7.69. The van der Waals surface area contributed by atoms with Crippen LogP contribution in [0.4, 0.5) is 0 Å². The number of epoxide rings is 1. The highest BCUT2D eigenvalue weighted by atomic mass is 16.6. The van der Waals surface area contributed by atoms with Crippen LogP contribution in [0.1, 0.15) is 116 Å². The van der Waals surface area contributed by atoms with Gasteiger partial charge in [0.25, 0.3) is 0 Å². The molecule has 1 unspecified atom stereocenters. The molecule has 144 valence electrons. The summed E-state index contributed by atoms with van der Waals surface area (Å²) in [7, 11) is 0. The third-order valence-electron chi connectivity index (χ3n) is 5.10. The number of hydrogen-bond acceptors (Lipinski definition) is 2. The highest BCUT2D eigenvalue weighted by Crippen LogP contribution is 2.14. The normalized spacial score (nSPS) is 16.6. The van der Waals surface area contributed by atoms with Crippen LogP contribution in [0.2, 0.25) is 0 Å². The van der Waals surface area contributed by atoms with Crippen LogP contribution in [0, 0.1) is 0 Å². The van der Waals surface area contributed by atoms with Gasteiger partial charge in [0, 0.05) is 6.61 Å². The van der Waals surface area contributed by atoms with Crippen molar-refractivity contribution in [2.75, 3.05) is 19.8 Å². The van der Waals surface area contributed by atoms with E-state index in [1.807, 2.05) is 0 Å². The van der Waals surface area contributed by atoms with Crippen molar-refractivity contribution in [3.63, 3.8) is 0 Å². The summed E-state index contributed by atoms with van der Waals surface area (Å²) in [5.41, 5.74) is 0. The molecule has 0 amide bonds. The lowest BCUT2D eigenvalue weighted by Gasteiger charge is -2.04. The molecule has 1 atom stereocenters. The molecule has 0 aromatic carbocycles. The van der Waals surface area contributed by atoms with Crippen LogP contribution in [-0.4, -0.2) is 25.9 Å². The predicted molar refractivity (Wildman–Crippen MR) is 105 cm³/mol. The first kappa shape index (κ1) is 22.0. The van der Waals surface area contributed by atoms with E-state index < -0.39 is 0 Å². The molecular weight excluding hydrogens is 296 g/mol. The predicted octanol–water partition coefficient (Wildman–Crippen LogP) is 7.05. The molecular formula is C22H44O2. The summed E-state index contributed by atoms with van der Waals surface area (Å²) < 4.78 is 10.7. The Morgan fingerprint density at radius 1 is 0.625 bits per heavy atom. The van der Waals surface area contributed by atoms with Crippen molar-refractivity contribution in [2.45, 2.75) is 122 Å². The molecule has 2 heteroatoms. The van der Waals surface area contributed by atoms with Gasteiger partial charge in [-0.1, -0.05) is 110 Å². The van der Waals surface area contributed by atoms with Gasteiger partial charge in [0.2, 0.25) is 0 Å². The summed E-state index contributed by atoms with van der Waals surface area (Å²) in [4.78, 5) is 0. The first-order valence-electron chi connectivity index (χ1n) is 11.1. The van der Waals surface area contributed by atoms with E-state index in [2.05, 4.69) is 6.92 Å². The van der Waals surface area contributed by atoms with Crippen LogP contribution in [0.15, 0.2) is 0 Å². The Hall–Kier alpha value is -0.0800. The zero-order chi connectivity index (χ0) is 17.1. The standard InChI is InChI=1S/C22H44O2/c1-2-3-4-5-6-7-8-9-10-11-12-13-14-15-16-17-18-19-23-20-22-21-24-22/h22H,2-21H2,1H3. The molecule has 1 heterocycles. The molecule has 2 nitrogen and oxygen atoms in total. The average molecular weight is 341 g/mol. The first-order chi connectivity index (χ1) is 11.9. The lowest BCUT2D eigenvalue weighted by atomic mass is 10.0. The highest BCUT2D eigenvalue weighted by molar-refractivity contribution is 4.67. The van der Waals surface area contributed by atoms with Crippen molar-refractivity contribution in [1.29, 1.82) is 0 Å². The molecule has 1 aliphatic heterocycles. The van der Waals surface area contributed by atoms with Gasteiger partial charge in [0.05, 0.1) is 13.2 Å². The zero-order valence-corrected chi connectivity index (χ0v) is 16.5. The van der Waals surface area contributed by atoms with Gasteiger partial charge in [-0.15, -0.1) is 0 Å². The maximum absolute atomic E-state index is 5.56. The van der Waals surface area contributed by atoms with Gasteiger partial charge in [-0.2, -0.15) is 0 Å². The highest BCUT2D eigenvalue weighted by Gasteiger charge is 2.21. The smallest absolute Gasteiger partial charge is 0.104 e. The quantitative estimate of drug-likeness (QED) is 0.175. The first-order valence-corrected chi connectivity index (χ1v) is 11.1. The van der Waals surface area contributed by atoms with E-state index in [0.29, 0.717) is 6.10 Å². The Morgan fingerprint density at radius 2 is 1.00 bits per heavy atom. The third kappa shape index (κ3) is 16.8. The molecule has 1 fully saturated rings. The topological polar surface area (TPSA) is 21.8 Å². The SMILES string of the molecule is CCCCCCCCCCCCCCCCCCCOCC1CO1. The van der Waals surface area contributed by atoms with Crippen molar-refractivity contribution >= 4 is 0 Å². The minimum absolute atomic E-state index is 0.427. The van der Waals surface area contributed by atoms with Crippen molar-refractivity contribution in [1.82, 2.24) is 0 Å². The fourth-order valence-electron chi connectivity index (χ4n) is 3.31. The largest absolute Gasteiger partial charge is 0.379 e. The third-order valence-corrected chi connectivity index (χ3v) is 5.10. The fourth-order valence-corrected chi connectivity index (χ4v) is 3.31. The summed E-state index contributed by atoms with van der Waals surface area (Å²) in [6, 6.07) is 0. The maximum atomic E-state index is 5.56. The van der Waals surface area contributed by atoms with Gasteiger partial charge >= 0.3 is 0 Å². The second kappa shape index (κ2) is 17.7. The minimum atomic E-state index is 0.427. The number of hydrogen-bond donors (Lipinski definition) is 0. The van der Waals surface area contributed by atoms with Gasteiger partial charge in [-0.3, -0.25) is 0 Å². The lowest BCUT2D eigenvalue weighted by Crippen LogP contribution is -2.02. The maximum Gasteiger partial charge on any atom is 0.104 e. The van der Waals surface area contributed by atoms with Crippen LogP contribution in [-0.2, 0) is 9.47 Å². The van der Waals surface area contributed by atoms with E-state index in [4.69, 9.17) is 9.47 Å². The van der Waals surface area contributed by atoms with Crippen LogP contribution in [0.3, 0.4) is 0 Å². The molecule has 24 heavy (non-hydrogen) atoms. The van der Waals surface area contributed by atoms with E-state index in [9.17, 15) is 0 Å². The summed E-state index contributed by atoms with van der Waals surface area (Å²) >= 11 is 0. The van der Waals surface area contributed by atoms with Gasteiger partial charge in [0.15, 0.2) is 0 Å². The zero-order valence-electron chi connectivity index (χ0n) is 16.5. The molecule has 1 saturated heterocycles. The van der Waals surface area contributed by atoms with Crippen molar-refractivity contribution in [3.05, 3.63) is 0 Å². The van der Waals surface area contributed by atoms with Gasteiger partial charge in [-0.25, -0.2) is 0 Å². The van der Waals surface area contributed by atoms with E-state index in [-0.39, 0.29) is 0 Å². The van der Waals surface area contributed by atoms with Crippen LogP contribution < -0.4 is 0 Å².